The topological polar surface area (TPSA) is 84.4 Å². The van der Waals surface area contributed by atoms with Gasteiger partial charge in [-0.05, 0) is 78.0 Å². The molecule has 1 atom stereocenters. The van der Waals surface area contributed by atoms with Gasteiger partial charge in [0, 0.05) is 6.54 Å². The second-order valence-corrected chi connectivity index (χ2v) is 8.26. The first kappa shape index (κ1) is 22.5. The van der Waals surface area contributed by atoms with Gasteiger partial charge in [0.05, 0.1) is 17.7 Å². The van der Waals surface area contributed by atoms with Crippen LogP contribution in [0.4, 0.5) is 19.0 Å². The molecule has 0 bridgehead atoms. The van der Waals surface area contributed by atoms with Crippen LogP contribution in [0.5, 0.6) is 0 Å². The van der Waals surface area contributed by atoms with Crippen LogP contribution >= 0.6 is 11.6 Å². The van der Waals surface area contributed by atoms with Crippen LogP contribution in [0.3, 0.4) is 0 Å². The third-order valence-electron chi connectivity index (χ3n) is 5.27. The molecule has 0 saturated carbocycles. The number of aromatic nitrogens is 2. The number of nitrogens with zero attached hydrogens (tertiary/aromatic N) is 4. The van der Waals surface area contributed by atoms with E-state index >= 15 is 0 Å². The number of hydrogen-bond donors (Lipinski definition) is 1. The number of rotatable bonds is 6. The number of imidazole rings is 1. The maximum atomic E-state index is 12.7. The van der Waals surface area contributed by atoms with E-state index in [1.807, 2.05) is 0 Å². The van der Waals surface area contributed by atoms with Crippen molar-refractivity contribution in [3.63, 3.8) is 0 Å². The standard InChI is InChI=1S/C19H22ClF3N4O3/c1-18(28,12-26-10-16(27(29)30)24-17(26)20)11-25-8-6-14(7-9-25)13-2-4-15(5-3-13)19(21,22)23/h2-5,10,14,28H,6-9,11-12H2,1H3/t18-/m0/s1. The molecule has 0 unspecified atom stereocenters. The van der Waals surface area contributed by atoms with E-state index in [-0.39, 0.29) is 23.6 Å². The molecule has 1 N–H and O–H groups in total. The van der Waals surface area contributed by atoms with Crippen molar-refractivity contribution < 1.29 is 23.2 Å². The zero-order valence-electron chi connectivity index (χ0n) is 16.3. The zero-order chi connectivity index (χ0) is 22.1. The fourth-order valence-electron chi connectivity index (χ4n) is 3.85. The normalized spacial score (nSPS) is 18.3. The van der Waals surface area contributed by atoms with Crippen molar-refractivity contribution >= 4 is 17.4 Å². The van der Waals surface area contributed by atoms with Gasteiger partial charge in [0.15, 0.2) is 0 Å². The molecule has 2 aromatic rings. The highest BCUT2D eigenvalue weighted by molar-refractivity contribution is 6.28. The molecule has 0 amide bonds. The molecule has 11 heteroatoms. The number of likely N-dealkylation sites (tertiary alicyclic amines) is 1. The molecule has 0 radical (unpaired) electrons. The largest absolute Gasteiger partial charge is 0.416 e. The van der Waals surface area contributed by atoms with Crippen LogP contribution in [0.1, 0.15) is 36.8 Å². The highest BCUT2D eigenvalue weighted by atomic mass is 35.5. The summed E-state index contributed by atoms with van der Waals surface area (Å²) < 4.78 is 39.5. The summed E-state index contributed by atoms with van der Waals surface area (Å²) in [6, 6.07) is 5.29. The number of aliphatic hydroxyl groups is 1. The summed E-state index contributed by atoms with van der Waals surface area (Å²) in [6.45, 7) is 3.36. The molecular weight excluding hydrogens is 425 g/mol. The monoisotopic (exact) mass is 446 g/mol. The molecule has 30 heavy (non-hydrogen) atoms. The molecule has 7 nitrogen and oxygen atoms in total. The minimum atomic E-state index is -4.34. The molecule has 1 aliphatic heterocycles. The van der Waals surface area contributed by atoms with Crippen molar-refractivity contribution in [2.45, 2.75) is 44.0 Å². The first-order valence-electron chi connectivity index (χ1n) is 9.43. The number of hydrogen-bond acceptors (Lipinski definition) is 5. The smallest absolute Gasteiger partial charge is 0.387 e. The van der Waals surface area contributed by atoms with E-state index in [9.17, 15) is 28.4 Å². The zero-order valence-corrected chi connectivity index (χ0v) is 17.0. The average molecular weight is 447 g/mol. The van der Waals surface area contributed by atoms with E-state index in [4.69, 9.17) is 11.6 Å². The number of nitro groups is 1. The van der Waals surface area contributed by atoms with Crippen LogP contribution in [0.25, 0.3) is 0 Å². The Morgan fingerprint density at radius 2 is 1.83 bits per heavy atom. The third kappa shape index (κ3) is 5.50. The lowest BCUT2D eigenvalue weighted by atomic mass is 9.88. The van der Waals surface area contributed by atoms with Gasteiger partial charge in [-0.25, -0.2) is 0 Å². The minimum Gasteiger partial charge on any atom is -0.387 e. The van der Waals surface area contributed by atoms with E-state index in [1.54, 1.807) is 6.92 Å². The Kier molecular flexibility index (Phi) is 6.40. The first-order valence-corrected chi connectivity index (χ1v) is 9.81. The van der Waals surface area contributed by atoms with Crippen LogP contribution in [0, 0.1) is 10.1 Å². The highest BCUT2D eigenvalue weighted by Gasteiger charge is 2.32. The Bertz CT molecular complexity index is 891. The summed E-state index contributed by atoms with van der Waals surface area (Å²) in [5, 5.41) is 21.5. The Labute approximate surface area is 176 Å². The van der Waals surface area contributed by atoms with Crippen molar-refractivity contribution in [1.82, 2.24) is 14.5 Å². The lowest BCUT2D eigenvalue weighted by molar-refractivity contribution is -0.389. The predicted molar refractivity (Wildman–Crippen MR) is 104 cm³/mol. The van der Waals surface area contributed by atoms with Gasteiger partial charge in [0.2, 0.25) is 0 Å². The first-order chi connectivity index (χ1) is 13.9. The quantitative estimate of drug-likeness (QED) is 0.533. The van der Waals surface area contributed by atoms with Gasteiger partial charge < -0.3 is 20.1 Å². The molecule has 1 aromatic heterocycles. The predicted octanol–water partition coefficient (Wildman–Crippen LogP) is 4.09. The Hall–Kier alpha value is -2.17. The summed E-state index contributed by atoms with van der Waals surface area (Å²) in [5.74, 6) is -0.215. The fraction of sp³-hybridized carbons (Fsp3) is 0.526. The van der Waals surface area contributed by atoms with E-state index in [0.29, 0.717) is 19.6 Å². The maximum absolute atomic E-state index is 12.7. The molecule has 1 fully saturated rings. The van der Waals surface area contributed by atoms with E-state index in [2.05, 4.69) is 9.88 Å². The van der Waals surface area contributed by atoms with Crippen molar-refractivity contribution in [3.8, 4) is 0 Å². The number of β-amino-alcohol motifs (C(OH)–C–C–N with tert-alkyl or cyclic N) is 1. The van der Waals surface area contributed by atoms with Crippen molar-refractivity contribution in [2.75, 3.05) is 19.6 Å². The van der Waals surface area contributed by atoms with Gasteiger partial charge in [-0.2, -0.15) is 13.2 Å². The van der Waals surface area contributed by atoms with Gasteiger partial charge in [-0.1, -0.05) is 12.1 Å². The van der Waals surface area contributed by atoms with Gasteiger partial charge >= 0.3 is 17.3 Å². The van der Waals surface area contributed by atoms with Gasteiger partial charge in [0.1, 0.15) is 6.20 Å². The summed E-state index contributed by atoms with van der Waals surface area (Å²) in [6.07, 6.45) is -1.63. The Balaban J connectivity index is 1.55. The van der Waals surface area contributed by atoms with Crippen LogP contribution in [-0.2, 0) is 12.7 Å². The number of halogens is 4. The SMILES string of the molecule is C[C@](O)(CN1CCC(c2ccc(C(F)(F)F)cc2)CC1)Cn1cc([N+](=O)[O-])nc1Cl. The average Bonchev–Trinajstić information content (AvgIpc) is 3.01. The number of piperidine rings is 1. The third-order valence-corrected chi connectivity index (χ3v) is 5.58. The Morgan fingerprint density at radius 3 is 2.33 bits per heavy atom. The fourth-order valence-corrected chi connectivity index (χ4v) is 4.04. The lowest BCUT2D eigenvalue weighted by Crippen LogP contribution is -2.46. The summed E-state index contributed by atoms with van der Waals surface area (Å²) in [7, 11) is 0. The molecule has 1 aromatic carbocycles. The maximum Gasteiger partial charge on any atom is 0.416 e. The van der Waals surface area contributed by atoms with Gasteiger partial charge in [0.25, 0.3) is 0 Å². The molecule has 2 heterocycles. The van der Waals surface area contributed by atoms with Crippen LogP contribution < -0.4 is 0 Å². The molecule has 164 valence electrons. The molecular formula is C19H22ClF3N4O3. The molecule has 1 aliphatic rings. The number of alkyl halides is 3. The lowest BCUT2D eigenvalue weighted by Gasteiger charge is -2.36. The van der Waals surface area contributed by atoms with Crippen molar-refractivity contribution in [3.05, 3.63) is 57.0 Å². The second kappa shape index (κ2) is 8.52. The molecule has 0 aliphatic carbocycles. The minimum absolute atomic E-state index is 0.0471. The van der Waals surface area contributed by atoms with E-state index < -0.39 is 22.3 Å². The van der Waals surface area contributed by atoms with Crippen molar-refractivity contribution in [2.24, 2.45) is 0 Å². The molecule has 0 spiro atoms. The van der Waals surface area contributed by atoms with E-state index in [0.717, 1.165) is 30.5 Å². The van der Waals surface area contributed by atoms with Gasteiger partial charge in [-0.15, -0.1) is 0 Å². The van der Waals surface area contributed by atoms with Gasteiger partial charge in [-0.3, -0.25) is 4.57 Å². The summed E-state index contributed by atoms with van der Waals surface area (Å²) >= 11 is 5.92. The summed E-state index contributed by atoms with van der Waals surface area (Å²) in [4.78, 5) is 15.9. The van der Waals surface area contributed by atoms with E-state index in [1.165, 1.54) is 22.9 Å². The number of benzene rings is 1. The second-order valence-electron chi connectivity index (χ2n) is 7.92. The highest BCUT2D eigenvalue weighted by Crippen LogP contribution is 2.33. The van der Waals surface area contributed by atoms with Crippen LogP contribution in [-0.4, -0.2) is 49.7 Å². The van der Waals surface area contributed by atoms with Crippen LogP contribution in [0.15, 0.2) is 30.5 Å². The molecule has 1 saturated heterocycles. The Morgan fingerprint density at radius 1 is 1.23 bits per heavy atom. The summed E-state index contributed by atoms with van der Waals surface area (Å²) in [5.41, 5.74) is -0.968. The molecule has 3 rings (SSSR count). The van der Waals surface area contributed by atoms with Crippen LogP contribution in [0.2, 0.25) is 5.28 Å². The van der Waals surface area contributed by atoms with Crippen molar-refractivity contribution in [1.29, 1.82) is 0 Å².